The van der Waals surface area contributed by atoms with Crippen LogP contribution >= 0.6 is 0 Å². The first-order valence-corrected chi connectivity index (χ1v) is 5.49. The van der Waals surface area contributed by atoms with Gasteiger partial charge < -0.3 is 10.5 Å². The predicted octanol–water partition coefficient (Wildman–Crippen LogP) is 1.53. The van der Waals surface area contributed by atoms with Crippen LogP contribution in [-0.2, 0) is 0 Å². The van der Waals surface area contributed by atoms with Gasteiger partial charge in [-0.1, -0.05) is 26.2 Å². The summed E-state index contributed by atoms with van der Waals surface area (Å²) in [5.41, 5.74) is 5.24. The van der Waals surface area contributed by atoms with Gasteiger partial charge in [0.15, 0.2) is 5.69 Å². The van der Waals surface area contributed by atoms with Crippen molar-refractivity contribution in [3.63, 3.8) is 0 Å². The van der Waals surface area contributed by atoms with Crippen molar-refractivity contribution in [3.8, 4) is 5.88 Å². The second kappa shape index (κ2) is 6.76. The maximum absolute atomic E-state index is 11.0. The van der Waals surface area contributed by atoms with Crippen LogP contribution < -0.4 is 10.5 Å². The van der Waals surface area contributed by atoms with Crippen LogP contribution in [0.2, 0.25) is 0 Å². The number of hydrogen-bond donors (Lipinski definition) is 1. The standard InChI is InChI=1S/C11H17N3O2/c1-2-3-4-5-8-16-11-9(10(12)15)13-6-7-14-11/h6-7H,2-5,8H2,1H3,(H2,12,15). The molecule has 0 aromatic carbocycles. The fourth-order valence-electron chi connectivity index (χ4n) is 1.30. The normalized spacial score (nSPS) is 10.1. The number of primary amides is 1. The summed E-state index contributed by atoms with van der Waals surface area (Å²) < 4.78 is 5.37. The van der Waals surface area contributed by atoms with Gasteiger partial charge >= 0.3 is 0 Å². The molecule has 1 heterocycles. The van der Waals surface area contributed by atoms with E-state index in [0.717, 1.165) is 12.8 Å². The summed E-state index contributed by atoms with van der Waals surface area (Å²) in [6, 6.07) is 0. The Kier molecular flexibility index (Phi) is 5.25. The zero-order valence-electron chi connectivity index (χ0n) is 9.48. The highest BCUT2D eigenvalue weighted by Crippen LogP contribution is 2.11. The number of hydrogen-bond acceptors (Lipinski definition) is 4. The number of carbonyl (C=O) groups is 1. The van der Waals surface area contributed by atoms with E-state index in [-0.39, 0.29) is 11.6 Å². The van der Waals surface area contributed by atoms with Crippen LogP contribution in [0.25, 0.3) is 0 Å². The van der Waals surface area contributed by atoms with Crippen molar-refractivity contribution in [2.45, 2.75) is 32.6 Å². The van der Waals surface area contributed by atoms with Crippen LogP contribution in [0.1, 0.15) is 43.1 Å². The minimum absolute atomic E-state index is 0.0954. The Morgan fingerprint density at radius 1 is 1.31 bits per heavy atom. The van der Waals surface area contributed by atoms with Crippen LogP contribution in [0.3, 0.4) is 0 Å². The fraction of sp³-hybridized carbons (Fsp3) is 0.545. The van der Waals surface area contributed by atoms with Crippen LogP contribution in [0, 0.1) is 0 Å². The number of unbranched alkanes of at least 4 members (excludes halogenated alkanes) is 3. The van der Waals surface area contributed by atoms with Gasteiger partial charge in [-0.25, -0.2) is 9.97 Å². The number of ether oxygens (including phenoxy) is 1. The lowest BCUT2D eigenvalue weighted by Crippen LogP contribution is -2.16. The Hall–Kier alpha value is -1.65. The van der Waals surface area contributed by atoms with Gasteiger partial charge in [-0.2, -0.15) is 0 Å². The molecule has 16 heavy (non-hydrogen) atoms. The molecule has 0 fully saturated rings. The van der Waals surface area contributed by atoms with Crippen molar-refractivity contribution in [1.82, 2.24) is 9.97 Å². The molecule has 2 N–H and O–H groups in total. The maximum atomic E-state index is 11.0. The quantitative estimate of drug-likeness (QED) is 0.711. The van der Waals surface area contributed by atoms with Gasteiger partial charge in [-0.15, -0.1) is 0 Å². The highest BCUT2D eigenvalue weighted by atomic mass is 16.5. The molecule has 0 atom stereocenters. The van der Waals surface area contributed by atoms with E-state index >= 15 is 0 Å². The van der Waals surface area contributed by atoms with E-state index in [0.29, 0.717) is 6.61 Å². The maximum Gasteiger partial charge on any atom is 0.272 e. The van der Waals surface area contributed by atoms with E-state index in [2.05, 4.69) is 16.9 Å². The minimum Gasteiger partial charge on any atom is -0.476 e. The van der Waals surface area contributed by atoms with E-state index in [1.165, 1.54) is 25.2 Å². The van der Waals surface area contributed by atoms with Crippen molar-refractivity contribution < 1.29 is 9.53 Å². The summed E-state index contributed by atoms with van der Waals surface area (Å²) in [4.78, 5) is 18.8. The van der Waals surface area contributed by atoms with Crippen LogP contribution in [0.15, 0.2) is 12.4 Å². The predicted molar refractivity (Wildman–Crippen MR) is 60.2 cm³/mol. The summed E-state index contributed by atoms with van der Waals surface area (Å²) in [6.45, 7) is 2.69. The van der Waals surface area contributed by atoms with E-state index in [9.17, 15) is 4.79 Å². The summed E-state index contributed by atoms with van der Waals surface area (Å²) in [6.07, 6.45) is 7.33. The van der Waals surface area contributed by atoms with Crippen LogP contribution in [0.4, 0.5) is 0 Å². The topological polar surface area (TPSA) is 78.1 Å². The summed E-state index contributed by atoms with van der Waals surface area (Å²) >= 11 is 0. The Bertz CT molecular complexity index is 342. The number of aromatic nitrogens is 2. The molecular weight excluding hydrogens is 206 g/mol. The number of amides is 1. The molecule has 0 radical (unpaired) electrons. The lowest BCUT2D eigenvalue weighted by molar-refractivity contribution is 0.0990. The van der Waals surface area contributed by atoms with Gasteiger partial charge in [-0.05, 0) is 6.42 Å². The molecule has 1 aromatic heterocycles. The molecule has 0 aliphatic rings. The highest BCUT2D eigenvalue weighted by Gasteiger charge is 2.11. The van der Waals surface area contributed by atoms with Gasteiger partial charge in [-0.3, -0.25) is 4.79 Å². The molecule has 0 aliphatic carbocycles. The highest BCUT2D eigenvalue weighted by molar-refractivity contribution is 5.92. The molecule has 1 rings (SSSR count). The third-order valence-electron chi connectivity index (χ3n) is 2.13. The Morgan fingerprint density at radius 2 is 2.06 bits per heavy atom. The van der Waals surface area contributed by atoms with Gasteiger partial charge in [0.2, 0.25) is 5.88 Å². The zero-order valence-corrected chi connectivity index (χ0v) is 9.48. The first kappa shape index (κ1) is 12.4. The van der Waals surface area contributed by atoms with Gasteiger partial charge in [0.05, 0.1) is 6.61 Å². The largest absolute Gasteiger partial charge is 0.476 e. The van der Waals surface area contributed by atoms with Crippen molar-refractivity contribution in [1.29, 1.82) is 0 Å². The van der Waals surface area contributed by atoms with E-state index < -0.39 is 5.91 Å². The Morgan fingerprint density at radius 3 is 2.75 bits per heavy atom. The number of rotatable bonds is 7. The van der Waals surface area contributed by atoms with E-state index in [1.54, 1.807) is 0 Å². The van der Waals surface area contributed by atoms with Crippen LogP contribution in [0.5, 0.6) is 5.88 Å². The van der Waals surface area contributed by atoms with Crippen molar-refractivity contribution in [3.05, 3.63) is 18.1 Å². The summed E-state index contributed by atoms with van der Waals surface area (Å²) in [7, 11) is 0. The molecule has 0 saturated heterocycles. The molecule has 0 spiro atoms. The molecule has 0 saturated carbocycles. The molecule has 1 aromatic rings. The molecular formula is C11H17N3O2. The molecule has 88 valence electrons. The lowest BCUT2D eigenvalue weighted by Gasteiger charge is -2.06. The van der Waals surface area contributed by atoms with Crippen molar-refractivity contribution in [2.75, 3.05) is 6.61 Å². The molecule has 5 heteroatoms. The first-order chi connectivity index (χ1) is 7.75. The smallest absolute Gasteiger partial charge is 0.272 e. The molecule has 0 bridgehead atoms. The Labute approximate surface area is 95.0 Å². The average molecular weight is 223 g/mol. The van der Waals surface area contributed by atoms with E-state index in [1.807, 2.05) is 0 Å². The van der Waals surface area contributed by atoms with Crippen molar-refractivity contribution in [2.24, 2.45) is 5.73 Å². The third-order valence-corrected chi connectivity index (χ3v) is 2.13. The van der Waals surface area contributed by atoms with E-state index in [4.69, 9.17) is 10.5 Å². The molecule has 0 unspecified atom stereocenters. The average Bonchev–Trinajstić information content (AvgIpc) is 2.29. The Balaban J connectivity index is 2.44. The summed E-state index contributed by atoms with van der Waals surface area (Å²) in [5.74, 6) is -0.386. The second-order valence-electron chi connectivity index (χ2n) is 3.48. The molecule has 0 aliphatic heterocycles. The number of nitrogens with two attached hydrogens (primary N) is 1. The second-order valence-corrected chi connectivity index (χ2v) is 3.48. The van der Waals surface area contributed by atoms with Crippen molar-refractivity contribution >= 4 is 5.91 Å². The monoisotopic (exact) mass is 223 g/mol. The number of nitrogens with zero attached hydrogens (tertiary/aromatic N) is 2. The van der Waals surface area contributed by atoms with Gasteiger partial charge in [0, 0.05) is 12.4 Å². The van der Waals surface area contributed by atoms with Gasteiger partial charge in [0.1, 0.15) is 0 Å². The molecule has 1 amide bonds. The summed E-state index contributed by atoms with van der Waals surface area (Å²) in [5, 5.41) is 0. The third kappa shape index (κ3) is 3.84. The fourth-order valence-corrected chi connectivity index (χ4v) is 1.30. The lowest BCUT2D eigenvalue weighted by atomic mass is 10.2. The van der Waals surface area contributed by atoms with Crippen LogP contribution in [-0.4, -0.2) is 22.5 Å². The number of carbonyl (C=O) groups excluding carboxylic acids is 1. The van der Waals surface area contributed by atoms with Gasteiger partial charge in [0.25, 0.3) is 5.91 Å². The first-order valence-electron chi connectivity index (χ1n) is 5.49. The SMILES string of the molecule is CCCCCCOc1nccnc1C(N)=O. The minimum atomic E-state index is -0.614. The molecule has 5 nitrogen and oxygen atoms in total. The zero-order chi connectivity index (χ0) is 11.8.